The highest BCUT2D eigenvalue weighted by molar-refractivity contribution is 7.09. The number of hydrogen-bond acceptors (Lipinski definition) is 4. The molecule has 1 N–H and O–H groups in total. The number of rotatable bonds is 4. The molecule has 0 radical (unpaired) electrons. The second kappa shape index (κ2) is 5.41. The Balaban J connectivity index is 2.55. The van der Waals surface area contributed by atoms with Gasteiger partial charge in [-0.3, -0.25) is 4.79 Å². The highest BCUT2D eigenvalue weighted by Crippen LogP contribution is 2.09. The summed E-state index contributed by atoms with van der Waals surface area (Å²) in [5.41, 5.74) is 0.807. The van der Waals surface area contributed by atoms with Crippen LogP contribution in [0.4, 0.5) is 0 Å². The highest BCUT2D eigenvalue weighted by atomic mass is 32.1. The van der Waals surface area contributed by atoms with Gasteiger partial charge in [0.1, 0.15) is 0 Å². The Bertz CT molecular complexity index is 425. The fourth-order valence-electron chi connectivity index (χ4n) is 1.07. The van der Waals surface area contributed by atoms with E-state index in [1.165, 1.54) is 16.2 Å². The van der Waals surface area contributed by atoms with Gasteiger partial charge in [0.2, 0.25) is 5.91 Å². The van der Waals surface area contributed by atoms with Gasteiger partial charge >= 0.3 is 5.97 Å². The highest BCUT2D eigenvalue weighted by Gasteiger charge is 2.08. The summed E-state index contributed by atoms with van der Waals surface area (Å²) in [5.74, 6) is -1.49. The minimum Gasteiger partial charge on any atom is -0.478 e. The number of carbonyl (C=O) groups is 2. The zero-order valence-electron chi connectivity index (χ0n) is 9.01. The molecule has 0 bridgehead atoms. The van der Waals surface area contributed by atoms with E-state index >= 15 is 0 Å². The number of carboxylic acid groups (broad SMARTS) is 1. The number of aromatic nitrogens is 1. The SMILES string of the molecule is Cc1nc(CN(C)C(=O)C=CC(=O)O)cs1. The molecule has 1 aromatic heterocycles. The third kappa shape index (κ3) is 3.82. The molecule has 16 heavy (non-hydrogen) atoms. The van der Waals surface area contributed by atoms with Crippen molar-refractivity contribution in [2.75, 3.05) is 7.05 Å². The van der Waals surface area contributed by atoms with E-state index in [4.69, 9.17) is 5.11 Å². The van der Waals surface area contributed by atoms with Crippen molar-refractivity contribution >= 4 is 23.2 Å². The summed E-state index contributed by atoms with van der Waals surface area (Å²) >= 11 is 1.52. The quantitative estimate of drug-likeness (QED) is 0.799. The lowest BCUT2D eigenvalue weighted by molar-refractivity contribution is -0.132. The second-order valence-corrected chi connectivity index (χ2v) is 4.29. The van der Waals surface area contributed by atoms with Crippen molar-refractivity contribution in [3.63, 3.8) is 0 Å². The predicted octanol–water partition coefficient (Wildman–Crippen LogP) is 1.05. The van der Waals surface area contributed by atoms with Gasteiger partial charge in [0.05, 0.1) is 17.2 Å². The molecule has 1 amide bonds. The lowest BCUT2D eigenvalue weighted by Crippen LogP contribution is -2.24. The molecular formula is C10H12N2O3S. The molecule has 0 aliphatic carbocycles. The topological polar surface area (TPSA) is 70.5 Å². The summed E-state index contributed by atoms with van der Waals surface area (Å²) < 4.78 is 0. The van der Waals surface area contributed by atoms with Crippen molar-refractivity contribution < 1.29 is 14.7 Å². The summed E-state index contributed by atoms with van der Waals surface area (Å²) in [7, 11) is 1.60. The standard InChI is InChI=1S/C10H12N2O3S/c1-7-11-8(6-16-7)5-12(2)9(13)3-4-10(14)15/h3-4,6H,5H2,1-2H3,(H,14,15). The van der Waals surface area contributed by atoms with Crippen LogP contribution in [0, 0.1) is 6.92 Å². The number of carboxylic acids is 1. The summed E-state index contributed by atoms with van der Waals surface area (Å²) in [6, 6.07) is 0. The first kappa shape index (κ1) is 12.4. The van der Waals surface area contributed by atoms with Crippen LogP contribution in [0.5, 0.6) is 0 Å². The van der Waals surface area contributed by atoms with Gasteiger partial charge in [0, 0.05) is 24.6 Å². The zero-order chi connectivity index (χ0) is 12.1. The van der Waals surface area contributed by atoms with Crippen LogP contribution in [0.2, 0.25) is 0 Å². The van der Waals surface area contributed by atoms with Crippen LogP contribution >= 0.6 is 11.3 Å². The number of nitrogens with zero attached hydrogens (tertiary/aromatic N) is 2. The Kier molecular flexibility index (Phi) is 4.19. The maximum atomic E-state index is 11.4. The average molecular weight is 240 g/mol. The van der Waals surface area contributed by atoms with Gasteiger partial charge in [0.25, 0.3) is 0 Å². The predicted molar refractivity (Wildman–Crippen MR) is 60.1 cm³/mol. The fraction of sp³-hybridized carbons (Fsp3) is 0.300. The number of amides is 1. The molecule has 0 atom stereocenters. The Morgan fingerprint density at radius 2 is 2.25 bits per heavy atom. The number of carbonyl (C=O) groups excluding carboxylic acids is 1. The molecule has 0 unspecified atom stereocenters. The van der Waals surface area contributed by atoms with Crippen LogP contribution in [-0.2, 0) is 16.1 Å². The lowest BCUT2D eigenvalue weighted by atomic mass is 10.4. The third-order valence-electron chi connectivity index (χ3n) is 1.81. The smallest absolute Gasteiger partial charge is 0.328 e. The number of aliphatic carboxylic acids is 1. The molecule has 0 fully saturated rings. The van der Waals surface area contributed by atoms with Crippen molar-refractivity contribution in [2.24, 2.45) is 0 Å². The van der Waals surface area contributed by atoms with Gasteiger partial charge in [-0.1, -0.05) is 0 Å². The molecule has 5 nitrogen and oxygen atoms in total. The summed E-state index contributed by atoms with van der Waals surface area (Å²) in [5, 5.41) is 11.2. The summed E-state index contributed by atoms with van der Waals surface area (Å²) in [4.78, 5) is 27.3. The van der Waals surface area contributed by atoms with Crippen LogP contribution in [-0.4, -0.2) is 33.9 Å². The van der Waals surface area contributed by atoms with Gasteiger partial charge in [-0.25, -0.2) is 9.78 Å². The zero-order valence-corrected chi connectivity index (χ0v) is 9.82. The second-order valence-electron chi connectivity index (χ2n) is 3.22. The van der Waals surface area contributed by atoms with Gasteiger partial charge < -0.3 is 10.0 Å². The van der Waals surface area contributed by atoms with Gasteiger partial charge in [-0.15, -0.1) is 11.3 Å². The number of hydrogen-bond donors (Lipinski definition) is 1. The third-order valence-corrected chi connectivity index (χ3v) is 2.63. The molecule has 0 saturated heterocycles. The Hall–Kier alpha value is -1.69. The molecule has 0 aliphatic rings. The molecule has 1 heterocycles. The molecular weight excluding hydrogens is 228 g/mol. The number of aryl methyl sites for hydroxylation is 1. The van der Waals surface area contributed by atoms with Crippen molar-refractivity contribution in [3.8, 4) is 0 Å². The average Bonchev–Trinajstić information content (AvgIpc) is 2.60. The van der Waals surface area contributed by atoms with Crippen molar-refractivity contribution in [2.45, 2.75) is 13.5 Å². The van der Waals surface area contributed by atoms with Crippen LogP contribution in [0.1, 0.15) is 10.7 Å². The van der Waals surface area contributed by atoms with Crippen LogP contribution < -0.4 is 0 Å². The van der Waals surface area contributed by atoms with Crippen LogP contribution in [0.15, 0.2) is 17.5 Å². The van der Waals surface area contributed by atoms with Gasteiger partial charge in [-0.05, 0) is 6.92 Å². The van der Waals surface area contributed by atoms with Crippen molar-refractivity contribution in [1.82, 2.24) is 9.88 Å². The fourth-order valence-corrected chi connectivity index (χ4v) is 1.68. The van der Waals surface area contributed by atoms with E-state index < -0.39 is 5.97 Å². The molecule has 86 valence electrons. The maximum Gasteiger partial charge on any atom is 0.328 e. The van der Waals surface area contributed by atoms with Gasteiger partial charge in [0.15, 0.2) is 0 Å². The molecule has 0 aliphatic heterocycles. The van der Waals surface area contributed by atoms with Crippen LogP contribution in [0.25, 0.3) is 0 Å². The minimum absolute atomic E-state index is 0.354. The van der Waals surface area contributed by atoms with E-state index in [-0.39, 0.29) is 5.91 Å². The summed E-state index contributed by atoms with van der Waals surface area (Å²) in [6.07, 6.45) is 1.85. The Morgan fingerprint density at radius 3 is 2.75 bits per heavy atom. The van der Waals surface area contributed by atoms with E-state index in [2.05, 4.69) is 4.98 Å². The van der Waals surface area contributed by atoms with E-state index in [1.807, 2.05) is 12.3 Å². The largest absolute Gasteiger partial charge is 0.478 e. The first-order valence-corrected chi connectivity index (χ1v) is 5.44. The Morgan fingerprint density at radius 1 is 1.56 bits per heavy atom. The van der Waals surface area contributed by atoms with Gasteiger partial charge in [-0.2, -0.15) is 0 Å². The lowest BCUT2D eigenvalue weighted by Gasteiger charge is -2.12. The molecule has 0 spiro atoms. The molecule has 1 rings (SSSR count). The number of thiazole rings is 1. The van der Waals surface area contributed by atoms with Crippen LogP contribution in [0.3, 0.4) is 0 Å². The number of likely N-dealkylation sites (N-methyl/N-ethyl adjacent to an activating group) is 1. The van der Waals surface area contributed by atoms with Crippen molar-refractivity contribution in [3.05, 3.63) is 28.2 Å². The maximum absolute atomic E-state index is 11.4. The molecule has 0 saturated carbocycles. The molecule has 6 heteroatoms. The normalized spacial score (nSPS) is 10.6. The molecule has 1 aromatic rings. The van der Waals surface area contributed by atoms with E-state index in [0.717, 1.165) is 22.9 Å². The van der Waals surface area contributed by atoms with E-state index in [0.29, 0.717) is 6.54 Å². The van der Waals surface area contributed by atoms with E-state index in [1.54, 1.807) is 7.05 Å². The Labute approximate surface area is 97.0 Å². The first-order valence-electron chi connectivity index (χ1n) is 4.56. The minimum atomic E-state index is -1.13. The monoisotopic (exact) mass is 240 g/mol. The van der Waals surface area contributed by atoms with E-state index in [9.17, 15) is 9.59 Å². The molecule has 0 aromatic carbocycles. The first-order chi connectivity index (χ1) is 7.49. The summed E-state index contributed by atoms with van der Waals surface area (Å²) in [6.45, 7) is 2.27. The van der Waals surface area contributed by atoms with Crippen molar-refractivity contribution in [1.29, 1.82) is 0 Å².